The lowest BCUT2D eigenvalue weighted by molar-refractivity contribution is 0.0976. The van der Waals surface area contributed by atoms with Gasteiger partial charge in [-0.15, -0.1) is 12.4 Å². The summed E-state index contributed by atoms with van der Waals surface area (Å²) in [4.78, 5) is 26.0. The van der Waals surface area contributed by atoms with E-state index < -0.39 is 0 Å². The second kappa shape index (κ2) is 18.9. The molecule has 0 aliphatic carbocycles. The number of ketones is 2. The minimum atomic E-state index is -0.148. The van der Waals surface area contributed by atoms with E-state index in [1.807, 2.05) is 106 Å². The van der Waals surface area contributed by atoms with Gasteiger partial charge in [-0.3, -0.25) is 19.0 Å². The quantitative estimate of drug-likeness (QED) is 0.169. The van der Waals surface area contributed by atoms with Crippen LogP contribution in [0.2, 0.25) is 5.22 Å². The van der Waals surface area contributed by atoms with Gasteiger partial charge in [-0.25, -0.2) is 0 Å². The number of hydrogen-bond donors (Lipinski definition) is 1. The highest BCUT2D eigenvalue weighted by Crippen LogP contribution is 2.15. The Hall–Kier alpha value is -5.04. The first kappa shape index (κ1) is 37.4. The average Bonchev–Trinajstić information content (AvgIpc) is 3.88. The molecule has 0 aliphatic rings. The van der Waals surface area contributed by atoms with Crippen molar-refractivity contribution < 1.29 is 18.6 Å². The molecule has 0 radical (unpaired) electrons. The third kappa shape index (κ3) is 11.6. The summed E-state index contributed by atoms with van der Waals surface area (Å²) in [5, 5.41) is 18.8. The molecule has 48 heavy (non-hydrogen) atoms. The number of carbonyl (C=O) groups is 2. The topological polar surface area (TPSA) is 137 Å². The van der Waals surface area contributed by atoms with E-state index in [9.17, 15) is 9.59 Å². The Labute approximate surface area is 290 Å². The maximum Gasteiger partial charge on any atom is 0.227 e. The van der Waals surface area contributed by atoms with E-state index >= 15 is 0 Å². The van der Waals surface area contributed by atoms with Crippen LogP contribution in [0.15, 0.2) is 107 Å². The number of nitrogens with zero attached hydrogens (tertiary/aromatic N) is 7. The lowest BCUT2D eigenvalue weighted by atomic mass is 10.1. The smallest absolute Gasteiger partial charge is 0.227 e. The summed E-state index contributed by atoms with van der Waals surface area (Å²) in [6.45, 7) is 1.36. The fraction of sp³-hybridized carbons (Fsp3) is 0.235. The number of Topliss-reactive ketones (excluding diaryl/α,β-unsaturated/α-hetero) is 2. The number of halogens is 2. The summed E-state index contributed by atoms with van der Waals surface area (Å²) in [5.41, 5.74) is 4.58. The van der Waals surface area contributed by atoms with Gasteiger partial charge >= 0.3 is 0 Å². The van der Waals surface area contributed by atoms with E-state index in [-0.39, 0.29) is 47.7 Å². The fourth-order valence-corrected chi connectivity index (χ4v) is 4.39. The summed E-state index contributed by atoms with van der Waals surface area (Å²) < 4.78 is 13.4. The lowest BCUT2D eigenvalue weighted by Gasteiger charge is -2.03. The molecule has 0 amide bonds. The zero-order valence-electron chi connectivity index (χ0n) is 27.1. The molecule has 2 aromatic carbocycles. The van der Waals surface area contributed by atoms with Crippen LogP contribution < -0.4 is 10.2 Å². The van der Waals surface area contributed by atoms with Crippen LogP contribution in [-0.4, -0.2) is 69.6 Å². The molecule has 0 spiro atoms. The normalized spacial score (nSPS) is 10.2. The predicted molar refractivity (Wildman–Crippen MR) is 186 cm³/mol. The standard InChI is InChI=1S/C17H18N4O2.C15H12ClN3O2.C2H7N.ClH/c1-20(2)17-9-15(19-23-17)16(22)8-14-10-18-21(12-14)11-13-6-4-3-5-7-13;16-15-7-13(18-21-15)14(20)6-12-8-17-19(10-12)9-11-4-2-1-3-5-11;1-3-2;/h3-7,9-10,12H,8,11H2,1-2H3;1-5,7-8,10H,6,9H2;3H,1-2H3;1H. The van der Waals surface area contributed by atoms with Gasteiger partial charge in [0.1, 0.15) is 0 Å². The van der Waals surface area contributed by atoms with E-state index in [0.29, 0.717) is 24.7 Å². The molecule has 252 valence electrons. The molecule has 4 aromatic heterocycles. The van der Waals surface area contributed by atoms with Gasteiger partial charge in [0.05, 0.1) is 25.5 Å². The van der Waals surface area contributed by atoms with Crippen LogP contribution >= 0.6 is 24.0 Å². The van der Waals surface area contributed by atoms with Crippen LogP contribution in [0.1, 0.15) is 43.2 Å². The van der Waals surface area contributed by atoms with E-state index in [1.54, 1.807) is 28.0 Å². The Kier molecular flexibility index (Phi) is 14.8. The molecule has 0 fully saturated rings. The van der Waals surface area contributed by atoms with Crippen LogP contribution in [0.25, 0.3) is 0 Å². The van der Waals surface area contributed by atoms with Gasteiger partial charge in [-0.2, -0.15) is 10.2 Å². The molecule has 0 atom stereocenters. The number of aromatic nitrogens is 6. The van der Waals surface area contributed by atoms with Gasteiger partial charge in [0.25, 0.3) is 0 Å². The summed E-state index contributed by atoms with van der Waals surface area (Å²) in [6, 6.07) is 23.1. The molecule has 0 bridgehead atoms. The highest BCUT2D eigenvalue weighted by Gasteiger charge is 2.16. The molecule has 4 heterocycles. The largest absolute Gasteiger partial charge is 0.347 e. The first-order valence-corrected chi connectivity index (χ1v) is 15.1. The Bertz CT molecular complexity index is 1830. The average molecular weight is 694 g/mol. The van der Waals surface area contributed by atoms with Crippen molar-refractivity contribution in [3.05, 3.63) is 136 Å². The first-order valence-electron chi connectivity index (χ1n) is 14.8. The Balaban J connectivity index is 0.000000237. The molecule has 1 N–H and O–H groups in total. The third-order valence-electron chi connectivity index (χ3n) is 6.47. The first-order chi connectivity index (χ1) is 22.7. The maximum atomic E-state index is 12.2. The van der Waals surface area contributed by atoms with Gasteiger partial charge in [-0.05, 0) is 48.0 Å². The van der Waals surface area contributed by atoms with Crippen molar-refractivity contribution in [2.75, 3.05) is 33.1 Å². The molecule has 0 aliphatic heterocycles. The molecule has 6 rings (SSSR count). The Morgan fingerprint density at radius 2 is 1.17 bits per heavy atom. The van der Waals surface area contributed by atoms with Crippen LogP contribution in [0.3, 0.4) is 0 Å². The number of nitrogens with one attached hydrogen (secondary N) is 1. The summed E-state index contributed by atoms with van der Waals surface area (Å²) in [7, 11) is 7.42. The van der Waals surface area contributed by atoms with Crippen molar-refractivity contribution in [2.24, 2.45) is 0 Å². The minimum Gasteiger partial charge on any atom is -0.347 e. The third-order valence-corrected chi connectivity index (χ3v) is 6.65. The summed E-state index contributed by atoms with van der Waals surface area (Å²) in [5.74, 6) is 0.333. The van der Waals surface area contributed by atoms with E-state index in [4.69, 9.17) is 16.1 Å². The maximum absolute atomic E-state index is 12.2. The SMILES string of the molecule is CN(C)c1cc(C(=O)Cc2cnn(Cc3ccccc3)c2)no1.CNC.Cl.O=C(Cc1cnn(Cc2ccccc2)c1)c1cc(Cl)on1. The highest BCUT2D eigenvalue weighted by atomic mass is 35.5. The lowest BCUT2D eigenvalue weighted by Crippen LogP contribution is -2.07. The van der Waals surface area contributed by atoms with Crippen LogP contribution in [-0.2, 0) is 25.9 Å². The molecule has 14 heteroatoms. The van der Waals surface area contributed by atoms with E-state index in [0.717, 1.165) is 16.7 Å². The van der Waals surface area contributed by atoms with Gasteiger partial charge in [-0.1, -0.05) is 71.0 Å². The van der Waals surface area contributed by atoms with Crippen molar-refractivity contribution in [1.82, 2.24) is 35.2 Å². The number of anilines is 1. The molecule has 0 unspecified atom stereocenters. The highest BCUT2D eigenvalue weighted by molar-refractivity contribution is 6.29. The van der Waals surface area contributed by atoms with Gasteiger partial charge in [0.15, 0.2) is 23.0 Å². The summed E-state index contributed by atoms with van der Waals surface area (Å²) in [6.07, 6.45) is 7.62. The van der Waals surface area contributed by atoms with Crippen LogP contribution in [0.5, 0.6) is 0 Å². The predicted octanol–water partition coefficient (Wildman–Crippen LogP) is 5.67. The minimum absolute atomic E-state index is 0. The molecule has 0 saturated heterocycles. The number of rotatable bonds is 11. The number of benzene rings is 2. The van der Waals surface area contributed by atoms with Crippen molar-refractivity contribution >= 4 is 41.5 Å². The van der Waals surface area contributed by atoms with Crippen LogP contribution in [0, 0.1) is 0 Å². The molecular weight excluding hydrogens is 655 g/mol. The van der Waals surface area contributed by atoms with Gasteiger partial charge in [0.2, 0.25) is 11.1 Å². The van der Waals surface area contributed by atoms with Crippen molar-refractivity contribution in [3.63, 3.8) is 0 Å². The molecule has 12 nitrogen and oxygen atoms in total. The number of hydrogen-bond acceptors (Lipinski definition) is 10. The Morgan fingerprint density at radius 1 is 0.729 bits per heavy atom. The van der Waals surface area contributed by atoms with E-state index in [2.05, 4.69) is 30.4 Å². The van der Waals surface area contributed by atoms with Crippen molar-refractivity contribution in [1.29, 1.82) is 0 Å². The summed E-state index contributed by atoms with van der Waals surface area (Å²) >= 11 is 5.60. The van der Waals surface area contributed by atoms with Gasteiger partial charge < -0.3 is 19.3 Å². The molecule has 0 saturated carbocycles. The zero-order chi connectivity index (χ0) is 33.6. The fourth-order valence-electron chi connectivity index (χ4n) is 4.25. The van der Waals surface area contributed by atoms with Crippen LogP contribution in [0.4, 0.5) is 5.88 Å². The van der Waals surface area contributed by atoms with Crippen molar-refractivity contribution in [2.45, 2.75) is 25.9 Å². The van der Waals surface area contributed by atoms with Gasteiger partial charge in [0, 0.05) is 51.5 Å². The molecule has 6 aromatic rings. The zero-order valence-corrected chi connectivity index (χ0v) is 28.7. The molecular formula is C34H38Cl2N8O4. The second-order valence-electron chi connectivity index (χ2n) is 10.7. The van der Waals surface area contributed by atoms with Crippen molar-refractivity contribution in [3.8, 4) is 0 Å². The monoisotopic (exact) mass is 692 g/mol. The van der Waals surface area contributed by atoms with E-state index in [1.165, 1.54) is 11.6 Å². The Morgan fingerprint density at radius 3 is 1.56 bits per heavy atom. The number of carbonyl (C=O) groups excluding carboxylic acids is 2. The second-order valence-corrected chi connectivity index (χ2v) is 11.1.